The number of rotatable bonds is 6. The van der Waals surface area contributed by atoms with Crippen LogP contribution in [0.5, 0.6) is 0 Å². The molecule has 1 aromatic heterocycles. The number of aryl methyl sites for hydroxylation is 2. The monoisotopic (exact) mass is 441 g/mol. The minimum absolute atomic E-state index is 0.182. The fourth-order valence-electron chi connectivity index (χ4n) is 3.85. The number of sulfonamides is 1. The Balaban J connectivity index is 1.80. The van der Waals surface area contributed by atoms with Crippen LogP contribution in [0.1, 0.15) is 61.8 Å². The van der Waals surface area contributed by atoms with Gasteiger partial charge in [0.15, 0.2) is 0 Å². The minimum atomic E-state index is -3.86. The summed E-state index contributed by atoms with van der Waals surface area (Å²) in [6.45, 7) is 10.2. The van der Waals surface area contributed by atoms with Crippen LogP contribution in [-0.4, -0.2) is 19.0 Å². The second-order valence-corrected chi connectivity index (χ2v) is 10.5. The first-order chi connectivity index (χ1) is 14.5. The number of hydrogen-bond donors (Lipinski definition) is 2. The van der Waals surface area contributed by atoms with Gasteiger partial charge in [-0.3, -0.25) is 0 Å². The van der Waals surface area contributed by atoms with E-state index in [4.69, 9.17) is 0 Å². The normalized spacial score (nSPS) is 12.0. The third-order valence-electron chi connectivity index (χ3n) is 5.38. The van der Waals surface area contributed by atoms with E-state index in [-0.39, 0.29) is 17.6 Å². The lowest BCUT2D eigenvalue weighted by molar-refractivity contribution is 0.256. The van der Waals surface area contributed by atoms with E-state index in [1.165, 1.54) is 0 Å². The maximum Gasteiger partial charge on any atom is 0.332 e. The van der Waals surface area contributed by atoms with Crippen molar-refractivity contribution in [2.75, 3.05) is 5.32 Å². The Morgan fingerprint density at radius 3 is 2.19 bits per heavy atom. The molecule has 0 unspecified atom stereocenters. The van der Waals surface area contributed by atoms with Crippen LogP contribution in [0.4, 0.5) is 10.5 Å². The van der Waals surface area contributed by atoms with E-state index < -0.39 is 16.1 Å². The van der Waals surface area contributed by atoms with Crippen LogP contribution in [0, 0.1) is 6.92 Å². The first-order valence-electron chi connectivity index (χ1n) is 10.5. The quantitative estimate of drug-likeness (QED) is 0.538. The number of hydrogen-bond acceptors (Lipinski definition) is 3. The van der Waals surface area contributed by atoms with Crippen molar-refractivity contribution in [1.29, 1.82) is 0 Å². The number of nitrogens with one attached hydrogen (secondary N) is 2. The van der Waals surface area contributed by atoms with Gasteiger partial charge in [-0.2, -0.15) is 0 Å². The van der Waals surface area contributed by atoms with E-state index in [2.05, 4.69) is 37.7 Å². The molecular formula is C24H31N3O3S. The summed E-state index contributed by atoms with van der Waals surface area (Å²) in [6, 6.07) is 10.8. The highest BCUT2D eigenvalue weighted by Gasteiger charge is 2.20. The first-order valence-corrected chi connectivity index (χ1v) is 12.1. The summed E-state index contributed by atoms with van der Waals surface area (Å²) in [5, 5.41) is 3.77. The highest BCUT2D eigenvalue weighted by Crippen LogP contribution is 2.33. The van der Waals surface area contributed by atoms with Crippen LogP contribution < -0.4 is 10.0 Å². The van der Waals surface area contributed by atoms with Crippen molar-refractivity contribution in [2.24, 2.45) is 7.05 Å². The van der Waals surface area contributed by atoms with E-state index >= 15 is 0 Å². The molecule has 0 aliphatic carbocycles. The standard InChI is InChI=1S/C24H31N3O3S/c1-15(2)20-11-17(5)12-21(16(3)4)23(20)25-24(28)26-31(29,30)14-18-7-8-22-19(13-18)9-10-27(22)6/h7-13,15-16H,14H2,1-6H3,(H2,25,26,28). The summed E-state index contributed by atoms with van der Waals surface area (Å²) >= 11 is 0. The third-order valence-corrected chi connectivity index (χ3v) is 6.59. The molecule has 3 rings (SSSR count). The lowest BCUT2D eigenvalue weighted by Gasteiger charge is -2.21. The maximum absolute atomic E-state index is 12.7. The number of fused-ring (bicyclic) bond motifs is 1. The number of aromatic nitrogens is 1. The second-order valence-electron chi connectivity index (χ2n) is 8.76. The Morgan fingerprint density at radius 2 is 1.61 bits per heavy atom. The topological polar surface area (TPSA) is 80.2 Å². The third kappa shape index (κ3) is 5.28. The summed E-state index contributed by atoms with van der Waals surface area (Å²) in [7, 11) is -1.92. The molecule has 0 aliphatic rings. The van der Waals surface area contributed by atoms with E-state index in [1.54, 1.807) is 6.07 Å². The summed E-state index contributed by atoms with van der Waals surface area (Å²) in [5.74, 6) is 0.0940. The van der Waals surface area contributed by atoms with Gasteiger partial charge >= 0.3 is 6.03 Å². The lowest BCUT2D eigenvalue weighted by atomic mass is 9.90. The van der Waals surface area contributed by atoms with Crippen molar-refractivity contribution in [1.82, 2.24) is 9.29 Å². The molecule has 0 saturated heterocycles. The number of benzene rings is 2. The van der Waals surface area contributed by atoms with Gasteiger partial charge in [0.2, 0.25) is 10.0 Å². The van der Waals surface area contributed by atoms with Crippen LogP contribution in [-0.2, 0) is 22.8 Å². The maximum atomic E-state index is 12.7. The molecule has 6 nitrogen and oxygen atoms in total. The average Bonchev–Trinajstić information content (AvgIpc) is 3.01. The summed E-state index contributed by atoms with van der Waals surface area (Å²) in [4.78, 5) is 12.7. The van der Waals surface area contributed by atoms with Crippen molar-refractivity contribution in [3.63, 3.8) is 0 Å². The minimum Gasteiger partial charge on any atom is -0.351 e. The largest absolute Gasteiger partial charge is 0.351 e. The first kappa shape index (κ1) is 22.9. The molecule has 0 saturated carbocycles. The SMILES string of the molecule is Cc1cc(C(C)C)c(NC(=O)NS(=O)(=O)Cc2ccc3c(ccn3C)c2)c(C(C)C)c1. The van der Waals surface area contributed by atoms with Gasteiger partial charge < -0.3 is 9.88 Å². The van der Waals surface area contributed by atoms with Crippen molar-refractivity contribution in [2.45, 2.75) is 52.2 Å². The van der Waals surface area contributed by atoms with Crippen molar-refractivity contribution >= 4 is 32.6 Å². The summed E-state index contributed by atoms with van der Waals surface area (Å²) in [5.41, 5.74) is 5.43. The predicted octanol–water partition coefficient (Wildman–Crippen LogP) is 5.39. The Morgan fingerprint density at radius 1 is 1.00 bits per heavy atom. The summed E-state index contributed by atoms with van der Waals surface area (Å²) in [6.07, 6.45) is 1.93. The fraction of sp³-hybridized carbons (Fsp3) is 0.375. The number of anilines is 1. The molecular weight excluding hydrogens is 410 g/mol. The molecule has 0 fully saturated rings. The van der Waals surface area contributed by atoms with Crippen LogP contribution in [0.15, 0.2) is 42.6 Å². The van der Waals surface area contributed by atoms with Gasteiger partial charge in [0.1, 0.15) is 0 Å². The van der Waals surface area contributed by atoms with Gasteiger partial charge in [0.25, 0.3) is 0 Å². The Hall–Kier alpha value is -2.80. The van der Waals surface area contributed by atoms with Gasteiger partial charge in [-0.15, -0.1) is 0 Å². The van der Waals surface area contributed by atoms with Crippen LogP contribution in [0.3, 0.4) is 0 Å². The predicted molar refractivity (Wildman–Crippen MR) is 127 cm³/mol. The molecule has 2 N–H and O–H groups in total. The second kappa shape index (κ2) is 8.75. The van der Waals surface area contributed by atoms with Gasteiger partial charge in [-0.1, -0.05) is 51.5 Å². The zero-order chi connectivity index (χ0) is 22.9. The molecule has 0 aliphatic heterocycles. The molecule has 1 heterocycles. The molecule has 0 bridgehead atoms. The van der Waals surface area contributed by atoms with E-state index in [9.17, 15) is 13.2 Å². The number of urea groups is 1. The zero-order valence-corrected chi connectivity index (χ0v) is 19.8. The van der Waals surface area contributed by atoms with Gasteiger partial charge in [0.05, 0.1) is 5.75 Å². The average molecular weight is 442 g/mol. The fourth-order valence-corrected chi connectivity index (χ4v) is 4.88. The molecule has 0 atom stereocenters. The molecule has 7 heteroatoms. The number of carbonyl (C=O) groups excluding carboxylic acids is 1. The smallest absolute Gasteiger partial charge is 0.332 e. The molecule has 0 spiro atoms. The number of carbonyl (C=O) groups is 1. The Labute approximate surface area is 184 Å². The Kier molecular flexibility index (Phi) is 6.46. The molecule has 166 valence electrons. The Bertz CT molecular complexity index is 1200. The lowest BCUT2D eigenvalue weighted by Crippen LogP contribution is -2.35. The van der Waals surface area contributed by atoms with Gasteiger partial charge in [-0.05, 0) is 59.0 Å². The van der Waals surface area contributed by atoms with Crippen molar-refractivity contribution in [3.05, 3.63) is 64.8 Å². The number of amides is 2. The zero-order valence-electron chi connectivity index (χ0n) is 19.0. The van der Waals surface area contributed by atoms with Crippen molar-refractivity contribution < 1.29 is 13.2 Å². The van der Waals surface area contributed by atoms with E-state index in [0.717, 1.165) is 27.6 Å². The molecule has 2 aromatic carbocycles. The van der Waals surface area contributed by atoms with Crippen LogP contribution in [0.2, 0.25) is 0 Å². The highest BCUT2D eigenvalue weighted by atomic mass is 32.2. The van der Waals surface area contributed by atoms with Crippen LogP contribution >= 0.6 is 0 Å². The van der Waals surface area contributed by atoms with E-state index in [0.29, 0.717) is 11.3 Å². The van der Waals surface area contributed by atoms with Crippen LogP contribution in [0.25, 0.3) is 10.9 Å². The van der Waals surface area contributed by atoms with E-state index in [1.807, 2.05) is 55.1 Å². The molecule has 0 radical (unpaired) electrons. The molecule has 3 aromatic rings. The number of nitrogens with zero attached hydrogens (tertiary/aromatic N) is 1. The van der Waals surface area contributed by atoms with Crippen molar-refractivity contribution in [3.8, 4) is 0 Å². The summed E-state index contributed by atoms with van der Waals surface area (Å²) < 4.78 is 29.5. The van der Waals surface area contributed by atoms with Gasteiger partial charge in [0, 0.05) is 24.4 Å². The van der Waals surface area contributed by atoms with Gasteiger partial charge in [-0.25, -0.2) is 17.9 Å². The molecule has 31 heavy (non-hydrogen) atoms. The highest BCUT2D eigenvalue weighted by molar-refractivity contribution is 7.89. The molecule has 2 amide bonds.